The molecule has 0 amide bonds. The molecular formula is C25H35ClFN2O8PSi. The van der Waals surface area contributed by atoms with Gasteiger partial charge in [0, 0.05) is 23.7 Å². The van der Waals surface area contributed by atoms with Crippen molar-refractivity contribution in [2.45, 2.75) is 82.5 Å². The average molecular weight is 605 g/mol. The largest absolute Gasteiger partial charge is 0.475 e. The molecule has 0 bridgehead atoms. The van der Waals surface area contributed by atoms with Crippen LogP contribution in [0.5, 0.6) is 0 Å². The Hall–Kier alpha value is -1.63. The van der Waals surface area contributed by atoms with Crippen LogP contribution in [-0.4, -0.2) is 49.0 Å². The smallest absolute Gasteiger partial charge is 0.408 e. The molecule has 2 saturated heterocycles. The van der Waals surface area contributed by atoms with Crippen molar-refractivity contribution in [3.63, 3.8) is 0 Å². The molecule has 1 aromatic carbocycles. The van der Waals surface area contributed by atoms with Crippen molar-refractivity contribution >= 4 is 27.7 Å². The van der Waals surface area contributed by atoms with Gasteiger partial charge in [0.25, 0.3) is 5.56 Å². The molecule has 4 rings (SSSR count). The lowest BCUT2D eigenvalue weighted by atomic mass is 9.98. The van der Waals surface area contributed by atoms with Gasteiger partial charge in [-0.15, -0.1) is 0 Å². The Bertz CT molecular complexity index is 1360. The maximum Gasteiger partial charge on any atom is 0.475 e. The first-order valence-corrected chi connectivity index (χ1v) is 17.4. The number of phosphoric acid groups is 1. The van der Waals surface area contributed by atoms with Crippen molar-refractivity contribution in [2.75, 3.05) is 13.2 Å². The summed E-state index contributed by atoms with van der Waals surface area (Å²) in [5, 5.41) is 0.238. The highest BCUT2D eigenvalue weighted by molar-refractivity contribution is 7.48. The number of nitrogens with one attached hydrogen (secondary N) is 1. The molecule has 1 aromatic heterocycles. The van der Waals surface area contributed by atoms with E-state index in [2.05, 4.69) is 4.98 Å². The topological polar surface area (TPSA) is 118 Å². The van der Waals surface area contributed by atoms with Crippen LogP contribution >= 0.6 is 19.4 Å². The maximum atomic E-state index is 16.6. The molecule has 39 heavy (non-hydrogen) atoms. The number of aromatic amines is 1. The Balaban J connectivity index is 1.60. The molecule has 14 heteroatoms. The van der Waals surface area contributed by atoms with Gasteiger partial charge in [0.05, 0.1) is 19.3 Å². The predicted molar refractivity (Wildman–Crippen MR) is 146 cm³/mol. The average Bonchev–Trinajstić information content (AvgIpc) is 3.06. The van der Waals surface area contributed by atoms with Crippen molar-refractivity contribution < 1.29 is 31.7 Å². The third kappa shape index (κ3) is 6.49. The van der Waals surface area contributed by atoms with Crippen molar-refractivity contribution in [2.24, 2.45) is 0 Å². The van der Waals surface area contributed by atoms with Gasteiger partial charge in [0.2, 0.25) is 0 Å². The maximum absolute atomic E-state index is 16.6. The van der Waals surface area contributed by atoms with Crippen LogP contribution in [0.4, 0.5) is 4.39 Å². The van der Waals surface area contributed by atoms with Gasteiger partial charge in [-0.05, 0) is 42.8 Å². The molecule has 0 spiro atoms. The lowest BCUT2D eigenvalue weighted by Crippen LogP contribution is -2.53. The molecule has 2 aromatic rings. The second kappa shape index (κ2) is 11.0. The van der Waals surface area contributed by atoms with Crippen molar-refractivity contribution in [3.8, 4) is 0 Å². The summed E-state index contributed by atoms with van der Waals surface area (Å²) in [6.07, 6.45) is -2.69. The Morgan fingerprint density at radius 2 is 2.00 bits per heavy atom. The molecule has 0 radical (unpaired) electrons. The molecule has 0 saturated carbocycles. The van der Waals surface area contributed by atoms with E-state index in [1.54, 1.807) is 24.3 Å². The molecule has 2 fully saturated rings. The summed E-state index contributed by atoms with van der Waals surface area (Å²) in [4.78, 5) is 26.2. The minimum atomic E-state index is -4.07. The number of phosphoric ester groups is 1. The minimum absolute atomic E-state index is 0.111. The standard InChI is InChI=1S/C25H35ClFN2O8PSi/c1-24(2,3)39(5,6)37-21-19(35-22(25(21,4)27)29-12-10-20(30)28-23(29)31)15-34-38(32)33-13-11-18(36-38)16-8-7-9-17(26)14-16/h7-10,12,14,18-19,21-22H,11,13,15H2,1-6H3,(H,28,30,31)/t18-,19-,21-,22-,25-,38+/m1/s1. The molecule has 10 nitrogen and oxygen atoms in total. The van der Waals surface area contributed by atoms with Crippen molar-refractivity contribution in [3.05, 3.63) is 68.0 Å². The van der Waals surface area contributed by atoms with Gasteiger partial charge in [-0.2, -0.15) is 0 Å². The summed E-state index contributed by atoms with van der Waals surface area (Å²) in [7, 11) is -6.63. The van der Waals surface area contributed by atoms with E-state index < -0.39 is 64.2 Å². The summed E-state index contributed by atoms with van der Waals surface area (Å²) in [6, 6.07) is 8.10. The number of rotatable bonds is 7. The van der Waals surface area contributed by atoms with Crippen LogP contribution in [0, 0.1) is 0 Å². The van der Waals surface area contributed by atoms with Crippen LogP contribution in [0.25, 0.3) is 0 Å². The van der Waals surface area contributed by atoms with Crippen LogP contribution < -0.4 is 11.2 Å². The van der Waals surface area contributed by atoms with E-state index in [9.17, 15) is 14.2 Å². The van der Waals surface area contributed by atoms with E-state index >= 15 is 4.39 Å². The van der Waals surface area contributed by atoms with Crippen molar-refractivity contribution in [1.29, 1.82) is 0 Å². The zero-order valence-electron chi connectivity index (χ0n) is 22.8. The van der Waals surface area contributed by atoms with Gasteiger partial charge in [-0.25, -0.2) is 13.8 Å². The summed E-state index contributed by atoms with van der Waals surface area (Å²) in [5.41, 5.74) is -2.96. The first-order valence-electron chi connectivity index (χ1n) is 12.7. The zero-order valence-corrected chi connectivity index (χ0v) is 25.5. The van der Waals surface area contributed by atoms with Crippen LogP contribution in [-0.2, 0) is 27.3 Å². The van der Waals surface area contributed by atoms with Crippen LogP contribution in [0.2, 0.25) is 23.2 Å². The van der Waals surface area contributed by atoms with Gasteiger partial charge in [0.15, 0.2) is 20.2 Å². The predicted octanol–water partition coefficient (Wildman–Crippen LogP) is 5.51. The number of H-pyrrole nitrogens is 1. The highest BCUT2D eigenvalue weighted by Crippen LogP contribution is 2.58. The minimum Gasteiger partial charge on any atom is -0.408 e. The van der Waals surface area contributed by atoms with E-state index in [0.717, 1.165) is 16.2 Å². The highest BCUT2D eigenvalue weighted by atomic mass is 35.5. The fraction of sp³-hybridized carbons (Fsp3) is 0.600. The van der Waals surface area contributed by atoms with Crippen LogP contribution in [0.3, 0.4) is 0 Å². The molecule has 1 N–H and O–H groups in total. The number of nitrogens with zero attached hydrogens (tertiary/aromatic N) is 1. The van der Waals surface area contributed by atoms with E-state index in [0.29, 0.717) is 11.4 Å². The molecule has 0 aliphatic carbocycles. The fourth-order valence-electron chi connectivity index (χ4n) is 4.31. The molecule has 0 unspecified atom stereocenters. The molecule has 3 heterocycles. The van der Waals surface area contributed by atoms with Gasteiger partial charge in [-0.3, -0.25) is 27.9 Å². The normalized spacial score (nSPS) is 31.9. The van der Waals surface area contributed by atoms with E-state index in [1.807, 2.05) is 33.9 Å². The lowest BCUT2D eigenvalue weighted by Gasteiger charge is -2.41. The van der Waals surface area contributed by atoms with Gasteiger partial charge in [0.1, 0.15) is 12.2 Å². The molecular weight excluding hydrogens is 570 g/mol. The number of aromatic nitrogens is 2. The highest BCUT2D eigenvalue weighted by Gasteiger charge is 2.59. The second-order valence-corrected chi connectivity index (χ2v) is 18.3. The summed E-state index contributed by atoms with van der Waals surface area (Å²) in [6.45, 7) is 11.0. The Morgan fingerprint density at radius 3 is 2.64 bits per heavy atom. The first kappa shape index (κ1) is 30.3. The second-order valence-electron chi connectivity index (χ2n) is 11.5. The number of alkyl halides is 1. The van der Waals surface area contributed by atoms with E-state index in [-0.39, 0.29) is 11.6 Å². The Kier molecular flexibility index (Phi) is 8.54. The van der Waals surface area contributed by atoms with Crippen LogP contribution in [0.15, 0.2) is 46.1 Å². The zero-order chi connectivity index (χ0) is 28.8. The van der Waals surface area contributed by atoms with Crippen molar-refractivity contribution in [1.82, 2.24) is 9.55 Å². The third-order valence-electron chi connectivity index (χ3n) is 7.52. The van der Waals surface area contributed by atoms with E-state index in [1.165, 1.54) is 13.1 Å². The first-order chi connectivity index (χ1) is 18.0. The number of benzene rings is 1. The molecule has 2 aliphatic rings. The lowest BCUT2D eigenvalue weighted by molar-refractivity contribution is -0.0653. The Labute approximate surface area is 232 Å². The summed E-state index contributed by atoms with van der Waals surface area (Å²) < 4.78 is 60.3. The monoisotopic (exact) mass is 604 g/mol. The molecule has 6 atom stereocenters. The SMILES string of the molecule is CC(C)(C)[Si](C)(C)O[C@@H]1[C@@H](CO[P@]2(=O)OCC[C@H](c3cccc(Cl)c3)O2)O[C@@H](n2ccc(=O)[nH]c2=O)[C@]1(C)F. The van der Waals surface area contributed by atoms with Crippen LogP contribution in [0.1, 0.15) is 52.0 Å². The van der Waals surface area contributed by atoms with E-state index in [4.69, 9.17) is 34.3 Å². The number of ether oxygens (including phenoxy) is 1. The third-order valence-corrected chi connectivity index (χ3v) is 13.7. The summed E-state index contributed by atoms with van der Waals surface area (Å²) in [5.74, 6) is 0. The number of hydrogen-bond acceptors (Lipinski definition) is 8. The quantitative estimate of drug-likeness (QED) is 0.325. The van der Waals surface area contributed by atoms with Gasteiger partial charge >= 0.3 is 13.5 Å². The van der Waals surface area contributed by atoms with Gasteiger partial charge in [-0.1, -0.05) is 44.5 Å². The molecule has 216 valence electrons. The van der Waals surface area contributed by atoms with Gasteiger partial charge < -0.3 is 9.16 Å². The molecule has 2 aliphatic heterocycles. The summed E-state index contributed by atoms with van der Waals surface area (Å²) >= 11 is 6.10. The number of hydrogen-bond donors (Lipinski definition) is 1. The Morgan fingerprint density at radius 1 is 1.28 bits per heavy atom. The number of halogens is 2. The fourth-order valence-corrected chi connectivity index (χ4v) is 7.28.